The summed E-state index contributed by atoms with van der Waals surface area (Å²) in [7, 11) is 2.13. The average molecular weight is 350 g/mol. The summed E-state index contributed by atoms with van der Waals surface area (Å²) >= 11 is 1.76. The van der Waals surface area contributed by atoms with Crippen LogP contribution in [0.15, 0.2) is 17.5 Å². The summed E-state index contributed by atoms with van der Waals surface area (Å²) in [6, 6.07) is 4.20. The fourth-order valence-corrected chi connectivity index (χ4v) is 4.59. The van der Waals surface area contributed by atoms with Crippen molar-refractivity contribution in [2.75, 3.05) is 33.2 Å². The Bertz CT molecular complexity index is 575. The molecule has 1 aromatic rings. The van der Waals surface area contributed by atoms with Gasteiger partial charge in [0.1, 0.15) is 0 Å². The molecule has 2 aliphatic rings. The molecule has 0 radical (unpaired) electrons. The molecule has 0 aliphatic carbocycles. The zero-order valence-electron chi connectivity index (χ0n) is 14.4. The number of aryl methyl sites for hydroxylation is 1. The number of hydrogen-bond acceptors (Lipinski definition) is 4. The van der Waals surface area contributed by atoms with Crippen LogP contribution in [-0.2, 0) is 16.0 Å². The summed E-state index contributed by atoms with van der Waals surface area (Å²) in [6.45, 7) is 3.17. The third-order valence-corrected chi connectivity index (χ3v) is 6.41. The van der Waals surface area contributed by atoms with E-state index in [1.54, 1.807) is 11.3 Å². The zero-order chi connectivity index (χ0) is 17.0. The van der Waals surface area contributed by atoms with E-state index in [1.165, 1.54) is 4.88 Å². The number of piperazine rings is 1. The van der Waals surface area contributed by atoms with Crippen molar-refractivity contribution in [1.82, 2.24) is 15.1 Å². The number of nitrogens with zero attached hydrogens (tertiary/aromatic N) is 2. The lowest BCUT2D eigenvalue weighted by atomic mass is 9.86. The first-order chi connectivity index (χ1) is 11.6. The average Bonchev–Trinajstić information content (AvgIpc) is 3.01. The summed E-state index contributed by atoms with van der Waals surface area (Å²) in [6.07, 6.45) is 4.85. The molecule has 0 unspecified atom stereocenters. The number of carbonyl (C=O) groups is 2. The van der Waals surface area contributed by atoms with Gasteiger partial charge in [-0.3, -0.25) is 14.5 Å². The van der Waals surface area contributed by atoms with Gasteiger partial charge >= 0.3 is 0 Å². The summed E-state index contributed by atoms with van der Waals surface area (Å²) < 4.78 is 0. The number of thiophene rings is 1. The summed E-state index contributed by atoms with van der Waals surface area (Å²) in [5, 5.41) is 5.05. The van der Waals surface area contributed by atoms with Crippen molar-refractivity contribution < 1.29 is 9.59 Å². The molecule has 132 valence electrons. The third-order valence-electron chi connectivity index (χ3n) is 5.48. The number of amides is 2. The minimum absolute atomic E-state index is 0.0409. The SMILES string of the molecule is CN1CCN(C(=O)CCCc2cccs2)C[C@]12CCNC(=O)CC2. The van der Waals surface area contributed by atoms with E-state index in [0.29, 0.717) is 19.4 Å². The van der Waals surface area contributed by atoms with Crippen LogP contribution in [0.25, 0.3) is 0 Å². The maximum Gasteiger partial charge on any atom is 0.222 e. The van der Waals surface area contributed by atoms with E-state index < -0.39 is 0 Å². The van der Waals surface area contributed by atoms with Gasteiger partial charge in [0, 0.05) is 49.4 Å². The molecule has 2 amide bonds. The van der Waals surface area contributed by atoms with E-state index in [1.807, 2.05) is 4.90 Å². The number of likely N-dealkylation sites (N-methyl/N-ethyl adjacent to an activating group) is 1. The Morgan fingerprint density at radius 1 is 1.38 bits per heavy atom. The van der Waals surface area contributed by atoms with Gasteiger partial charge in [-0.15, -0.1) is 11.3 Å². The molecule has 3 heterocycles. The molecule has 3 rings (SSSR count). The smallest absolute Gasteiger partial charge is 0.222 e. The summed E-state index contributed by atoms with van der Waals surface area (Å²) in [5.41, 5.74) is -0.0409. The lowest BCUT2D eigenvalue weighted by Gasteiger charge is -2.49. The van der Waals surface area contributed by atoms with E-state index in [2.05, 4.69) is 34.8 Å². The predicted molar refractivity (Wildman–Crippen MR) is 96.1 cm³/mol. The molecular formula is C18H27N3O2S. The van der Waals surface area contributed by atoms with Gasteiger partial charge in [-0.1, -0.05) is 6.07 Å². The Hall–Kier alpha value is -1.40. The van der Waals surface area contributed by atoms with E-state index in [-0.39, 0.29) is 17.4 Å². The molecular weight excluding hydrogens is 322 g/mol. The van der Waals surface area contributed by atoms with Gasteiger partial charge in [-0.2, -0.15) is 0 Å². The van der Waals surface area contributed by atoms with Crippen molar-refractivity contribution in [2.24, 2.45) is 0 Å². The predicted octanol–water partition coefficient (Wildman–Crippen LogP) is 1.88. The molecule has 1 N–H and O–H groups in total. The fraction of sp³-hybridized carbons (Fsp3) is 0.667. The highest BCUT2D eigenvalue weighted by atomic mass is 32.1. The first kappa shape index (κ1) is 17.4. The molecule has 0 bridgehead atoms. The van der Waals surface area contributed by atoms with Crippen molar-refractivity contribution in [2.45, 2.75) is 44.1 Å². The molecule has 6 heteroatoms. The molecule has 2 aliphatic heterocycles. The van der Waals surface area contributed by atoms with Gasteiger partial charge in [-0.25, -0.2) is 0 Å². The highest BCUT2D eigenvalue weighted by Crippen LogP contribution is 2.30. The highest BCUT2D eigenvalue weighted by Gasteiger charge is 2.41. The Kier molecular flexibility index (Phi) is 5.56. The van der Waals surface area contributed by atoms with Gasteiger partial charge in [-0.05, 0) is 44.2 Å². The standard InChI is InChI=1S/C18H27N3O2S/c1-20-11-12-21(14-18(20)8-7-16(22)19-10-9-18)17(23)6-2-4-15-5-3-13-24-15/h3,5,13H,2,4,6-12,14H2,1H3,(H,19,22)/t18-/m0/s1. The van der Waals surface area contributed by atoms with Crippen LogP contribution < -0.4 is 5.32 Å². The number of rotatable bonds is 4. The number of carbonyl (C=O) groups excluding carboxylic acids is 2. The Labute approximate surface area is 148 Å². The largest absolute Gasteiger partial charge is 0.356 e. The first-order valence-electron chi connectivity index (χ1n) is 8.87. The summed E-state index contributed by atoms with van der Waals surface area (Å²) in [5.74, 6) is 0.405. The van der Waals surface area contributed by atoms with Gasteiger partial charge in [0.05, 0.1) is 0 Å². The zero-order valence-corrected chi connectivity index (χ0v) is 15.2. The second kappa shape index (κ2) is 7.66. The molecule has 24 heavy (non-hydrogen) atoms. The van der Waals surface area contributed by atoms with E-state index in [9.17, 15) is 9.59 Å². The quantitative estimate of drug-likeness (QED) is 0.903. The van der Waals surface area contributed by atoms with Crippen molar-refractivity contribution in [3.8, 4) is 0 Å². The van der Waals surface area contributed by atoms with Crippen LogP contribution >= 0.6 is 11.3 Å². The van der Waals surface area contributed by atoms with E-state index in [0.717, 1.165) is 45.3 Å². The van der Waals surface area contributed by atoms with Crippen LogP contribution in [0.1, 0.15) is 37.0 Å². The Morgan fingerprint density at radius 3 is 3.04 bits per heavy atom. The van der Waals surface area contributed by atoms with Gasteiger partial charge < -0.3 is 10.2 Å². The minimum atomic E-state index is -0.0409. The van der Waals surface area contributed by atoms with E-state index in [4.69, 9.17) is 0 Å². The number of hydrogen-bond donors (Lipinski definition) is 1. The highest BCUT2D eigenvalue weighted by molar-refractivity contribution is 7.09. The second-order valence-corrected chi connectivity index (χ2v) is 8.03. The maximum absolute atomic E-state index is 12.6. The van der Waals surface area contributed by atoms with Crippen LogP contribution in [-0.4, -0.2) is 60.4 Å². The van der Waals surface area contributed by atoms with Crippen molar-refractivity contribution >= 4 is 23.2 Å². The van der Waals surface area contributed by atoms with Crippen LogP contribution in [0.4, 0.5) is 0 Å². The van der Waals surface area contributed by atoms with Gasteiger partial charge in [0.15, 0.2) is 0 Å². The minimum Gasteiger partial charge on any atom is -0.356 e. The van der Waals surface area contributed by atoms with Crippen LogP contribution in [0.3, 0.4) is 0 Å². The van der Waals surface area contributed by atoms with Gasteiger partial charge in [0.25, 0.3) is 0 Å². The monoisotopic (exact) mass is 349 g/mol. The fourth-order valence-electron chi connectivity index (χ4n) is 3.84. The molecule has 2 fully saturated rings. The van der Waals surface area contributed by atoms with Gasteiger partial charge in [0.2, 0.25) is 11.8 Å². The second-order valence-electron chi connectivity index (χ2n) is 6.99. The van der Waals surface area contributed by atoms with Crippen molar-refractivity contribution in [3.63, 3.8) is 0 Å². The molecule has 1 spiro atoms. The maximum atomic E-state index is 12.6. The normalized spacial score (nSPS) is 25.5. The first-order valence-corrected chi connectivity index (χ1v) is 9.75. The molecule has 1 atom stereocenters. The molecule has 5 nitrogen and oxygen atoms in total. The molecule has 2 saturated heterocycles. The van der Waals surface area contributed by atoms with Crippen molar-refractivity contribution in [1.29, 1.82) is 0 Å². The topological polar surface area (TPSA) is 52.6 Å². The molecule has 0 saturated carbocycles. The molecule has 1 aromatic heterocycles. The van der Waals surface area contributed by atoms with E-state index >= 15 is 0 Å². The lowest BCUT2D eigenvalue weighted by molar-refractivity contribution is -0.137. The number of nitrogens with one attached hydrogen (secondary N) is 1. The van der Waals surface area contributed by atoms with Crippen LogP contribution in [0.2, 0.25) is 0 Å². The Morgan fingerprint density at radius 2 is 2.25 bits per heavy atom. The van der Waals surface area contributed by atoms with Crippen LogP contribution in [0.5, 0.6) is 0 Å². The summed E-state index contributed by atoms with van der Waals surface area (Å²) in [4.78, 5) is 30.1. The lowest BCUT2D eigenvalue weighted by Crippen LogP contribution is -2.62. The Balaban J connectivity index is 1.55. The van der Waals surface area contributed by atoms with Crippen molar-refractivity contribution in [3.05, 3.63) is 22.4 Å². The van der Waals surface area contributed by atoms with Crippen LogP contribution in [0, 0.1) is 0 Å². The molecule has 0 aromatic carbocycles. The third kappa shape index (κ3) is 3.98.